The summed E-state index contributed by atoms with van der Waals surface area (Å²) in [7, 11) is 0. The first-order valence-electron chi connectivity index (χ1n) is 5.75. The standard InChI is InChI=1S/C14H17NO3/c1-10-6-7-12(9-13(10)14(17)18)5-3-4-8-15-11(2)16/h3,5-7,9H,4,8H2,1-2H3,(H,15,16)(H,17,18). The predicted molar refractivity (Wildman–Crippen MR) is 70.5 cm³/mol. The number of hydrogen-bond acceptors (Lipinski definition) is 2. The van der Waals surface area contributed by atoms with Gasteiger partial charge in [-0.3, -0.25) is 4.79 Å². The lowest BCUT2D eigenvalue weighted by Crippen LogP contribution is -2.20. The van der Waals surface area contributed by atoms with Crippen LogP contribution in [0.3, 0.4) is 0 Å². The van der Waals surface area contributed by atoms with Crippen molar-refractivity contribution in [3.8, 4) is 0 Å². The smallest absolute Gasteiger partial charge is 0.335 e. The van der Waals surface area contributed by atoms with Gasteiger partial charge < -0.3 is 10.4 Å². The van der Waals surface area contributed by atoms with E-state index in [-0.39, 0.29) is 5.91 Å². The summed E-state index contributed by atoms with van der Waals surface area (Å²) in [5.74, 6) is -0.965. The van der Waals surface area contributed by atoms with Crippen LogP contribution in [0.25, 0.3) is 6.08 Å². The van der Waals surface area contributed by atoms with Crippen LogP contribution in [0.15, 0.2) is 24.3 Å². The molecule has 0 bridgehead atoms. The van der Waals surface area contributed by atoms with E-state index < -0.39 is 5.97 Å². The van der Waals surface area contributed by atoms with E-state index in [0.29, 0.717) is 12.1 Å². The summed E-state index contributed by atoms with van der Waals surface area (Å²) in [6, 6.07) is 5.31. The number of hydrogen-bond donors (Lipinski definition) is 2. The summed E-state index contributed by atoms with van der Waals surface area (Å²) in [5.41, 5.74) is 1.91. The van der Waals surface area contributed by atoms with Crippen molar-refractivity contribution in [1.29, 1.82) is 0 Å². The average molecular weight is 247 g/mol. The van der Waals surface area contributed by atoms with Gasteiger partial charge in [-0.1, -0.05) is 24.3 Å². The molecule has 2 N–H and O–H groups in total. The normalized spacial score (nSPS) is 10.6. The number of nitrogens with one attached hydrogen (secondary N) is 1. The number of aryl methyl sites for hydroxylation is 1. The first kappa shape index (κ1) is 14.0. The Morgan fingerprint density at radius 1 is 1.39 bits per heavy atom. The number of aromatic carboxylic acids is 1. The van der Waals surface area contributed by atoms with Crippen LogP contribution in [0.2, 0.25) is 0 Å². The van der Waals surface area contributed by atoms with Gasteiger partial charge in [-0.2, -0.15) is 0 Å². The second-order valence-electron chi connectivity index (χ2n) is 4.05. The molecule has 1 amide bonds. The van der Waals surface area contributed by atoms with Crippen LogP contribution in [0.5, 0.6) is 0 Å². The number of carbonyl (C=O) groups excluding carboxylic acids is 1. The van der Waals surface area contributed by atoms with Gasteiger partial charge >= 0.3 is 5.97 Å². The van der Waals surface area contributed by atoms with Crippen molar-refractivity contribution in [3.05, 3.63) is 41.0 Å². The molecule has 0 atom stereocenters. The minimum Gasteiger partial charge on any atom is -0.478 e. The van der Waals surface area contributed by atoms with Crippen molar-refractivity contribution in [2.45, 2.75) is 20.3 Å². The van der Waals surface area contributed by atoms with Gasteiger partial charge in [0, 0.05) is 13.5 Å². The molecule has 0 aromatic heterocycles. The molecule has 1 rings (SSSR count). The Hall–Kier alpha value is -2.10. The zero-order valence-corrected chi connectivity index (χ0v) is 10.6. The second-order valence-corrected chi connectivity index (χ2v) is 4.05. The number of benzene rings is 1. The monoisotopic (exact) mass is 247 g/mol. The van der Waals surface area contributed by atoms with E-state index in [0.717, 1.165) is 17.5 Å². The highest BCUT2D eigenvalue weighted by Crippen LogP contribution is 2.12. The Kier molecular flexibility index (Phi) is 5.11. The summed E-state index contributed by atoms with van der Waals surface area (Å²) in [6.07, 6.45) is 4.48. The fraction of sp³-hybridized carbons (Fsp3) is 0.286. The first-order chi connectivity index (χ1) is 8.50. The van der Waals surface area contributed by atoms with E-state index in [4.69, 9.17) is 5.11 Å². The zero-order valence-electron chi connectivity index (χ0n) is 10.6. The molecule has 0 unspecified atom stereocenters. The lowest BCUT2D eigenvalue weighted by atomic mass is 10.0. The molecule has 4 heteroatoms. The Labute approximate surface area is 106 Å². The molecular weight excluding hydrogens is 230 g/mol. The molecule has 4 nitrogen and oxygen atoms in total. The van der Waals surface area contributed by atoms with Crippen molar-refractivity contribution >= 4 is 18.0 Å². The van der Waals surface area contributed by atoms with Crippen LogP contribution in [-0.2, 0) is 4.79 Å². The quantitative estimate of drug-likeness (QED) is 0.784. The van der Waals surface area contributed by atoms with Crippen LogP contribution in [0.1, 0.15) is 34.8 Å². The van der Waals surface area contributed by atoms with Gasteiger partial charge in [-0.05, 0) is 30.5 Å². The minimum absolute atomic E-state index is 0.0492. The second kappa shape index (κ2) is 6.59. The third kappa shape index (κ3) is 4.41. The van der Waals surface area contributed by atoms with Gasteiger partial charge in [0.25, 0.3) is 0 Å². The molecule has 0 radical (unpaired) electrons. The molecule has 0 aliphatic heterocycles. The summed E-state index contributed by atoms with van der Waals surface area (Å²) in [6.45, 7) is 3.83. The predicted octanol–water partition coefficient (Wildman–Crippen LogP) is 2.23. The van der Waals surface area contributed by atoms with Crippen LogP contribution < -0.4 is 5.32 Å². The molecule has 18 heavy (non-hydrogen) atoms. The van der Waals surface area contributed by atoms with E-state index in [2.05, 4.69) is 5.32 Å². The molecule has 0 saturated heterocycles. The largest absolute Gasteiger partial charge is 0.478 e. The van der Waals surface area contributed by atoms with Crippen molar-refractivity contribution in [3.63, 3.8) is 0 Å². The lowest BCUT2D eigenvalue weighted by molar-refractivity contribution is -0.118. The number of rotatable bonds is 5. The van der Waals surface area contributed by atoms with E-state index in [9.17, 15) is 9.59 Å². The molecule has 0 spiro atoms. The van der Waals surface area contributed by atoms with Crippen molar-refractivity contribution in [1.82, 2.24) is 5.32 Å². The minimum atomic E-state index is -0.916. The number of carbonyl (C=O) groups is 2. The number of carboxylic acid groups (broad SMARTS) is 1. The van der Waals surface area contributed by atoms with Crippen molar-refractivity contribution in [2.75, 3.05) is 6.54 Å². The summed E-state index contributed by atoms with van der Waals surface area (Å²) in [4.78, 5) is 21.6. The first-order valence-corrected chi connectivity index (χ1v) is 5.75. The molecule has 0 aliphatic rings. The average Bonchev–Trinajstić information content (AvgIpc) is 2.30. The lowest BCUT2D eigenvalue weighted by Gasteiger charge is -2.02. The van der Waals surface area contributed by atoms with Crippen LogP contribution >= 0.6 is 0 Å². The molecule has 96 valence electrons. The third-order valence-electron chi connectivity index (χ3n) is 2.49. The van der Waals surface area contributed by atoms with E-state index >= 15 is 0 Å². The summed E-state index contributed by atoms with van der Waals surface area (Å²) in [5, 5.41) is 11.7. The topological polar surface area (TPSA) is 66.4 Å². The van der Waals surface area contributed by atoms with Gasteiger partial charge in [0.15, 0.2) is 0 Å². The fourth-order valence-corrected chi connectivity index (χ4v) is 1.52. The molecule has 0 saturated carbocycles. The number of carboxylic acids is 1. The van der Waals surface area contributed by atoms with Crippen molar-refractivity contribution < 1.29 is 14.7 Å². The fourth-order valence-electron chi connectivity index (χ4n) is 1.52. The molecule has 1 aromatic carbocycles. The van der Waals surface area contributed by atoms with Crippen LogP contribution in [-0.4, -0.2) is 23.5 Å². The molecule has 1 aromatic rings. The Morgan fingerprint density at radius 2 is 2.11 bits per heavy atom. The molecular formula is C14H17NO3. The van der Waals surface area contributed by atoms with Crippen LogP contribution in [0.4, 0.5) is 0 Å². The molecule has 0 fully saturated rings. The number of amides is 1. The third-order valence-corrected chi connectivity index (χ3v) is 2.49. The molecule has 0 aliphatic carbocycles. The van der Waals surface area contributed by atoms with E-state index in [1.54, 1.807) is 19.1 Å². The molecule has 0 heterocycles. The summed E-state index contributed by atoms with van der Waals surface area (Å²) < 4.78 is 0. The maximum absolute atomic E-state index is 11.0. The van der Waals surface area contributed by atoms with Crippen molar-refractivity contribution in [2.24, 2.45) is 0 Å². The Balaban J connectivity index is 2.62. The highest BCUT2D eigenvalue weighted by Gasteiger charge is 2.06. The highest BCUT2D eigenvalue weighted by atomic mass is 16.4. The van der Waals surface area contributed by atoms with Crippen LogP contribution in [0, 0.1) is 6.92 Å². The van der Waals surface area contributed by atoms with Gasteiger partial charge in [0.05, 0.1) is 5.56 Å². The summed E-state index contributed by atoms with van der Waals surface area (Å²) >= 11 is 0. The van der Waals surface area contributed by atoms with Gasteiger partial charge in [0.1, 0.15) is 0 Å². The van der Waals surface area contributed by atoms with Gasteiger partial charge in [0.2, 0.25) is 5.91 Å². The Bertz CT molecular complexity index is 478. The maximum Gasteiger partial charge on any atom is 0.335 e. The zero-order chi connectivity index (χ0) is 13.5. The highest BCUT2D eigenvalue weighted by molar-refractivity contribution is 5.90. The van der Waals surface area contributed by atoms with E-state index in [1.807, 2.05) is 18.2 Å². The van der Waals surface area contributed by atoms with Gasteiger partial charge in [-0.15, -0.1) is 0 Å². The van der Waals surface area contributed by atoms with E-state index in [1.165, 1.54) is 6.92 Å². The van der Waals surface area contributed by atoms with Gasteiger partial charge in [-0.25, -0.2) is 4.79 Å². The Morgan fingerprint density at radius 3 is 2.72 bits per heavy atom. The maximum atomic E-state index is 11.0. The SMILES string of the molecule is CC(=O)NCCC=Cc1ccc(C)c(C(=O)O)c1.